The lowest BCUT2D eigenvalue weighted by Gasteiger charge is -2.22. The summed E-state index contributed by atoms with van der Waals surface area (Å²) in [5.41, 5.74) is 8.06. The van der Waals surface area contributed by atoms with Crippen LogP contribution in [0.25, 0.3) is 0 Å². The van der Waals surface area contributed by atoms with Gasteiger partial charge >= 0.3 is 0 Å². The van der Waals surface area contributed by atoms with Crippen LogP contribution in [0.4, 0.5) is 5.69 Å². The van der Waals surface area contributed by atoms with Gasteiger partial charge in [0, 0.05) is 17.3 Å². The molecule has 2 N–H and O–H groups in total. The van der Waals surface area contributed by atoms with Crippen molar-refractivity contribution in [1.29, 1.82) is 0 Å². The van der Waals surface area contributed by atoms with Crippen molar-refractivity contribution in [2.24, 2.45) is 11.7 Å². The highest BCUT2D eigenvalue weighted by Crippen LogP contribution is 2.31. The molecule has 0 saturated heterocycles. The number of anilines is 1. The normalized spacial score (nSPS) is 15.1. The third kappa shape index (κ3) is 3.62. The average Bonchev–Trinajstić information content (AvgIpc) is 2.69. The Bertz CT molecular complexity index is 463. The molecule has 1 amide bonds. The van der Waals surface area contributed by atoms with Gasteiger partial charge in [0.05, 0.1) is 6.04 Å². The maximum absolute atomic E-state index is 12.3. The molecule has 5 heteroatoms. The van der Waals surface area contributed by atoms with Crippen molar-refractivity contribution in [1.82, 2.24) is 0 Å². The van der Waals surface area contributed by atoms with E-state index in [1.54, 1.807) is 4.90 Å². The van der Waals surface area contributed by atoms with Crippen molar-refractivity contribution in [2.75, 3.05) is 11.4 Å². The topological polar surface area (TPSA) is 46.3 Å². The molecule has 0 radical (unpaired) electrons. The fraction of sp³-hybridized carbons (Fsp3) is 0.500. The second-order valence-electron chi connectivity index (χ2n) is 5.25. The molecule has 1 atom stereocenters. The van der Waals surface area contributed by atoms with E-state index in [1.165, 1.54) is 5.56 Å². The predicted octanol–water partition coefficient (Wildman–Crippen LogP) is 3.02. The molecule has 0 aliphatic carbocycles. The standard InChI is InChI=1S/C14H19ClN2O.ClH/c1-9(2)7-12(16)14(18)17-6-5-10-3-4-11(15)8-13(10)17;/h3-4,8-9,12H,5-7,16H2,1-2H3;1H/t12-;/m0./s1. The lowest BCUT2D eigenvalue weighted by molar-refractivity contribution is -0.120. The average molecular weight is 303 g/mol. The number of benzene rings is 1. The van der Waals surface area contributed by atoms with Crippen LogP contribution in [-0.4, -0.2) is 18.5 Å². The fourth-order valence-corrected chi connectivity index (χ4v) is 2.56. The highest BCUT2D eigenvalue weighted by molar-refractivity contribution is 6.31. The Morgan fingerprint density at radius 3 is 2.79 bits per heavy atom. The van der Waals surface area contributed by atoms with Gasteiger partial charge in [-0.05, 0) is 36.5 Å². The van der Waals surface area contributed by atoms with Gasteiger partial charge in [-0.2, -0.15) is 0 Å². The largest absolute Gasteiger partial charge is 0.320 e. The van der Waals surface area contributed by atoms with Crippen LogP contribution >= 0.6 is 24.0 Å². The monoisotopic (exact) mass is 302 g/mol. The van der Waals surface area contributed by atoms with Crippen LogP contribution in [0.3, 0.4) is 0 Å². The molecular formula is C14H20Cl2N2O. The van der Waals surface area contributed by atoms with Gasteiger partial charge in [0.2, 0.25) is 5.91 Å². The van der Waals surface area contributed by atoms with E-state index in [4.69, 9.17) is 17.3 Å². The highest BCUT2D eigenvalue weighted by atomic mass is 35.5. The van der Waals surface area contributed by atoms with Gasteiger partial charge < -0.3 is 10.6 Å². The van der Waals surface area contributed by atoms with Crippen LogP contribution in [-0.2, 0) is 11.2 Å². The number of halogens is 2. The minimum Gasteiger partial charge on any atom is -0.320 e. The van der Waals surface area contributed by atoms with E-state index in [2.05, 4.69) is 13.8 Å². The van der Waals surface area contributed by atoms with Gasteiger partial charge in [-0.25, -0.2) is 0 Å². The summed E-state index contributed by atoms with van der Waals surface area (Å²) in [4.78, 5) is 14.1. The first-order valence-corrected chi connectivity index (χ1v) is 6.72. The summed E-state index contributed by atoms with van der Waals surface area (Å²) in [6.07, 6.45) is 1.60. The molecule has 1 heterocycles. The van der Waals surface area contributed by atoms with Gasteiger partial charge in [0.25, 0.3) is 0 Å². The minimum atomic E-state index is -0.421. The van der Waals surface area contributed by atoms with Crippen LogP contribution in [0.15, 0.2) is 18.2 Å². The van der Waals surface area contributed by atoms with Crippen molar-refractivity contribution in [3.63, 3.8) is 0 Å². The van der Waals surface area contributed by atoms with Crippen molar-refractivity contribution in [2.45, 2.75) is 32.7 Å². The second-order valence-corrected chi connectivity index (χ2v) is 5.69. The van der Waals surface area contributed by atoms with E-state index in [-0.39, 0.29) is 18.3 Å². The molecule has 0 spiro atoms. The van der Waals surface area contributed by atoms with E-state index in [1.807, 2.05) is 18.2 Å². The maximum Gasteiger partial charge on any atom is 0.243 e. The summed E-state index contributed by atoms with van der Waals surface area (Å²) < 4.78 is 0. The first-order chi connectivity index (χ1) is 8.49. The minimum absolute atomic E-state index is 0. The number of amides is 1. The van der Waals surface area contributed by atoms with Crippen LogP contribution in [0, 0.1) is 5.92 Å². The van der Waals surface area contributed by atoms with E-state index >= 15 is 0 Å². The lowest BCUT2D eigenvalue weighted by atomic mass is 10.0. The summed E-state index contributed by atoms with van der Waals surface area (Å²) in [6.45, 7) is 4.85. The molecule has 3 nitrogen and oxygen atoms in total. The van der Waals surface area contributed by atoms with E-state index in [0.717, 1.165) is 12.1 Å². The van der Waals surface area contributed by atoms with Crippen molar-refractivity contribution >= 4 is 35.6 Å². The van der Waals surface area contributed by atoms with Crippen LogP contribution in [0.5, 0.6) is 0 Å². The maximum atomic E-state index is 12.3. The second kappa shape index (κ2) is 6.60. The summed E-state index contributed by atoms with van der Waals surface area (Å²) in [5.74, 6) is 0.426. The Morgan fingerprint density at radius 2 is 2.16 bits per heavy atom. The third-order valence-electron chi connectivity index (χ3n) is 3.25. The molecule has 0 aromatic heterocycles. The number of hydrogen-bond donors (Lipinski definition) is 1. The molecular weight excluding hydrogens is 283 g/mol. The summed E-state index contributed by atoms with van der Waals surface area (Å²) in [6, 6.07) is 5.28. The Kier molecular flexibility index (Phi) is 5.65. The summed E-state index contributed by atoms with van der Waals surface area (Å²) >= 11 is 5.99. The number of hydrogen-bond acceptors (Lipinski definition) is 2. The van der Waals surface area contributed by atoms with Gasteiger partial charge in [0.15, 0.2) is 0 Å². The number of nitrogens with zero attached hydrogens (tertiary/aromatic N) is 1. The van der Waals surface area contributed by atoms with Crippen LogP contribution < -0.4 is 10.6 Å². The molecule has 1 aliphatic heterocycles. The zero-order chi connectivity index (χ0) is 13.3. The zero-order valence-electron chi connectivity index (χ0n) is 11.2. The quantitative estimate of drug-likeness (QED) is 0.933. The predicted molar refractivity (Wildman–Crippen MR) is 82.2 cm³/mol. The Balaban J connectivity index is 0.00000180. The smallest absolute Gasteiger partial charge is 0.243 e. The van der Waals surface area contributed by atoms with Crippen LogP contribution in [0.2, 0.25) is 5.02 Å². The fourth-order valence-electron chi connectivity index (χ4n) is 2.39. The van der Waals surface area contributed by atoms with Gasteiger partial charge in [-0.15, -0.1) is 12.4 Å². The lowest BCUT2D eigenvalue weighted by Crippen LogP contribution is -2.43. The molecule has 0 saturated carbocycles. The first kappa shape index (κ1) is 16.3. The van der Waals surface area contributed by atoms with Gasteiger partial charge in [0.1, 0.15) is 0 Å². The summed E-state index contributed by atoms with van der Waals surface area (Å²) in [5, 5.41) is 0.658. The Hall–Kier alpha value is -0.770. The van der Waals surface area contributed by atoms with Gasteiger partial charge in [-0.3, -0.25) is 4.79 Å². The van der Waals surface area contributed by atoms with Crippen molar-refractivity contribution in [3.05, 3.63) is 28.8 Å². The zero-order valence-corrected chi connectivity index (χ0v) is 12.8. The molecule has 1 aromatic carbocycles. The molecule has 2 rings (SSSR count). The molecule has 1 aromatic rings. The van der Waals surface area contributed by atoms with E-state index < -0.39 is 6.04 Å². The molecule has 106 valence electrons. The van der Waals surface area contributed by atoms with Gasteiger partial charge in [-0.1, -0.05) is 31.5 Å². The van der Waals surface area contributed by atoms with Crippen molar-refractivity contribution < 1.29 is 4.79 Å². The molecule has 0 bridgehead atoms. The molecule has 19 heavy (non-hydrogen) atoms. The number of nitrogens with two attached hydrogens (primary N) is 1. The van der Waals surface area contributed by atoms with Crippen LogP contribution in [0.1, 0.15) is 25.8 Å². The Labute approximate surface area is 125 Å². The highest BCUT2D eigenvalue weighted by Gasteiger charge is 2.28. The van der Waals surface area contributed by atoms with E-state index in [0.29, 0.717) is 23.9 Å². The summed E-state index contributed by atoms with van der Waals surface area (Å²) in [7, 11) is 0. The molecule has 0 fully saturated rings. The SMILES string of the molecule is CC(C)C[C@H](N)C(=O)N1CCc2ccc(Cl)cc21.Cl. The van der Waals surface area contributed by atoms with E-state index in [9.17, 15) is 4.79 Å². The molecule has 0 unspecified atom stereocenters. The molecule has 1 aliphatic rings. The number of fused-ring (bicyclic) bond motifs is 1. The Morgan fingerprint density at radius 1 is 1.47 bits per heavy atom. The first-order valence-electron chi connectivity index (χ1n) is 6.34. The van der Waals surface area contributed by atoms with Crippen molar-refractivity contribution in [3.8, 4) is 0 Å². The number of carbonyl (C=O) groups excluding carboxylic acids is 1. The number of rotatable bonds is 3. The third-order valence-corrected chi connectivity index (χ3v) is 3.49. The number of carbonyl (C=O) groups is 1.